The van der Waals surface area contributed by atoms with Gasteiger partial charge >= 0.3 is 0 Å². The number of rotatable bonds is 4. The third kappa shape index (κ3) is 4.92. The summed E-state index contributed by atoms with van der Waals surface area (Å²) in [5, 5.41) is 3.83. The first-order chi connectivity index (χ1) is 12.4. The first-order valence-electron chi connectivity index (χ1n) is 8.69. The molecule has 1 atom stereocenters. The number of hydrogen-bond donors (Lipinski definition) is 1. The van der Waals surface area contributed by atoms with E-state index < -0.39 is 0 Å². The molecule has 0 aliphatic carbocycles. The lowest BCUT2D eigenvalue weighted by Crippen LogP contribution is -2.33. The van der Waals surface area contributed by atoms with Crippen molar-refractivity contribution >= 4 is 46.4 Å². The molecule has 1 amide bonds. The van der Waals surface area contributed by atoms with Gasteiger partial charge in [-0.05, 0) is 55.1 Å². The van der Waals surface area contributed by atoms with Crippen LogP contribution in [0, 0.1) is 5.92 Å². The number of amides is 1. The van der Waals surface area contributed by atoms with Gasteiger partial charge in [0.25, 0.3) is 5.91 Å². The zero-order valence-electron chi connectivity index (χ0n) is 14.6. The monoisotopic (exact) mass is 410 g/mol. The van der Waals surface area contributed by atoms with Crippen LogP contribution in [0.5, 0.6) is 0 Å². The molecule has 1 aliphatic heterocycles. The van der Waals surface area contributed by atoms with E-state index in [1.165, 1.54) is 24.5 Å². The summed E-state index contributed by atoms with van der Waals surface area (Å²) in [6, 6.07) is 10.8. The van der Waals surface area contributed by atoms with Gasteiger partial charge in [0, 0.05) is 18.7 Å². The molecule has 0 spiro atoms. The number of halogens is 3. The van der Waals surface area contributed by atoms with Crippen LogP contribution in [-0.4, -0.2) is 23.9 Å². The van der Waals surface area contributed by atoms with Crippen molar-refractivity contribution in [2.24, 2.45) is 5.92 Å². The van der Waals surface area contributed by atoms with Crippen molar-refractivity contribution < 1.29 is 4.79 Å². The van der Waals surface area contributed by atoms with Gasteiger partial charge in [-0.3, -0.25) is 9.69 Å². The summed E-state index contributed by atoms with van der Waals surface area (Å²) in [5.74, 6) is 0.521. The number of piperidine rings is 1. The quantitative estimate of drug-likeness (QED) is 0.614. The third-order valence-electron chi connectivity index (χ3n) is 4.62. The first kappa shape index (κ1) is 19.5. The van der Waals surface area contributed by atoms with Gasteiger partial charge in [-0.25, -0.2) is 0 Å². The molecule has 0 radical (unpaired) electrons. The van der Waals surface area contributed by atoms with Gasteiger partial charge in [-0.2, -0.15) is 0 Å². The number of nitrogens with one attached hydrogen (secondary N) is 1. The predicted molar refractivity (Wildman–Crippen MR) is 110 cm³/mol. The van der Waals surface area contributed by atoms with Crippen LogP contribution in [0.4, 0.5) is 5.69 Å². The van der Waals surface area contributed by atoms with Gasteiger partial charge in [0.05, 0.1) is 20.8 Å². The van der Waals surface area contributed by atoms with Crippen LogP contribution in [0.1, 0.15) is 35.7 Å². The van der Waals surface area contributed by atoms with E-state index in [0.29, 0.717) is 26.3 Å². The van der Waals surface area contributed by atoms with Gasteiger partial charge < -0.3 is 5.32 Å². The zero-order chi connectivity index (χ0) is 18.7. The van der Waals surface area contributed by atoms with Crippen LogP contribution in [0.3, 0.4) is 0 Å². The summed E-state index contributed by atoms with van der Waals surface area (Å²) in [6.07, 6.45) is 2.57. The Morgan fingerprint density at radius 1 is 1.12 bits per heavy atom. The standard InChI is InChI=1S/C20H21Cl3N2O/c1-13-3-2-8-25(11-13)12-14-4-6-15(7-5-14)20(26)24-19-10-17(22)16(21)9-18(19)23/h4-7,9-10,13H,2-3,8,11-12H2,1H3,(H,24,26)/t13-/m0/s1. The second-order valence-electron chi connectivity index (χ2n) is 6.88. The van der Waals surface area contributed by atoms with Crippen molar-refractivity contribution in [2.75, 3.05) is 18.4 Å². The Morgan fingerprint density at radius 2 is 1.81 bits per heavy atom. The largest absolute Gasteiger partial charge is 0.321 e. The number of anilines is 1. The molecule has 1 heterocycles. The third-order valence-corrected chi connectivity index (χ3v) is 5.66. The van der Waals surface area contributed by atoms with Crippen LogP contribution in [0.25, 0.3) is 0 Å². The fourth-order valence-corrected chi connectivity index (χ4v) is 3.86. The second kappa shape index (κ2) is 8.62. The highest BCUT2D eigenvalue weighted by molar-refractivity contribution is 6.44. The SMILES string of the molecule is C[C@H]1CCCN(Cc2ccc(C(=O)Nc3cc(Cl)c(Cl)cc3Cl)cc2)C1. The summed E-state index contributed by atoms with van der Waals surface area (Å²) in [5.41, 5.74) is 2.23. The average Bonchev–Trinajstić information content (AvgIpc) is 2.60. The summed E-state index contributed by atoms with van der Waals surface area (Å²) < 4.78 is 0. The molecule has 1 N–H and O–H groups in total. The van der Waals surface area contributed by atoms with Gasteiger partial charge in [0.2, 0.25) is 0 Å². The summed E-state index contributed by atoms with van der Waals surface area (Å²) in [6.45, 7) is 5.50. The number of likely N-dealkylation sites (tertiary alicyclic amines) is 1. The molecular formula is C20H21Cl3N2O. The van der Waals surface area contributed by atoms with Crippen LogP contribution in [0.2, 0.25) is 15.1 Å². The lowest BCUT2D eigenvalue weighted by Gasteiger charge is -2.30. The van der Waals surface area contributed by atoms with Crippen LogP contribution in [0.15, 0.2) is 36.4 Å². The number of carbonyl (C=O) groups is 1. The Balaban J connectivity index is 1.64. The molecule has 2 aromatic rings. The Labute approximate surface area is 169 Å². The highest BCUT2D eigenvalue weighted by Crippen LogP contribution is 2.32. The number of nitrogens with zero attached hydrogens (tertiary/aromatic N) is 1. The Morgan fingerprint density at radius 3 is 2.50 bits per heavy atom. The molecule has 1 fully saturated rings. The van der Waals surface area contributed by atoms with E-state index >= 15 is 0 Å². The molecule has 0 saturated carbocycles. The second-order valence-corrected chi connectivity index (χ2v) is 8.10. The molecule has 2 aromatic carbocycles. The Bertz CT molecular complexity index is 792. The molecule has 3 nitrogen and oxygen atoms in total. The van der Waals surface area contributed by atoms with E-state index in [9.17, 15) is 4.79 Å². The number of hydrogen-bond acceptors (Lipinski definition) is 2. The van der Waals surface area contributed by atoms with Crippen molar-refractivity contribution in [3.8, 4) is 0 Å². The maximum atomic E-state index is 12.5. The molecule has 0 bridgehead atoms. The average molecular weight is 412 g/mol. The number of carbonyl (C=O) groups excluding carboxylic acids is 1. The fourth-order valence-electron chi connectivity index (χ4n) is 3.26. The van der Waals surface area contributed by atoms with Gasteiger partial charge in [-0.1, -0.05) is 53.9 Å². The van der Waals surface area contributed by atoms with Crippen molar-refractivity contribution in [2.45, 2.75) is 26.3 Å². The van der Waals surface area contributed by atoms with E-state index in [-0.39, 0.29) is 5.91 Å². The Hall–Kier alpha value is -1.26. The lowest BCUT2D eigenvalue weighted by atomic mass is 9.99. The normalized spacial score (nSPS) is 17.9. The van der Waals surface area contributed by atoms with Gasteiger partial charge in [-0.15, -0.1) is 0 Å². The molecule has 138 valence electrons. The summed E-state index contributed by atoms with van der Waals surface area (Å²) in [4.78, 5) is 14.9. The van der Waals surface area contributed by atoms with Crippen LogP contribution < -0.4 is 5.32 Å². The molecule has 1 aliphatic rings. The predicted octanol–water partition coefficient (Wildman–Crippen LogP) is 6.13. The lowest BCUT2D eigenvalue weighted by molar-refractivity contribution is 0.102. The minimum Gasteiger partial charge on any atom is -0.321 e. The summed E-state index contributed by atoms with van der Waals surface area (Å²) >= 11 is 18.0. The molecule has 0 unspecified atom stereocenters. The molecule has 26 heavy (non-hydrogen) atoms. The maximum Gasteiger partial charge on any atom is 0.255 e. The molecular weight excluding hydrogens is 391 g/mol. The van der Waals surface area contributed by atoms with Crippen molar-refractivity contribution in [3.63, 3.8) is 0 Å². The van der Waals surface area contributed by atoms with Crippen molar-refractivity contribution in [3.05, 3.63) is 62.6 Å². The van der Waals surface area contributed by atoms with Gasteiger partial charge in [0.1, 0.15) is 0 Å². The molecule has 1 saturated heterocycles. The smallest absolute Gasteiger partial charge is 0.255 e. The topological polar surface area (TPSA) is 32.3 Å². The highest BCUT2D eigenvalue weighted by Gasteiger charge is 2.16. The molecule has 0 aromatic heterocycles. The van der Waals surface area contributed by atoms with Crippen molar-refractivity contribution in [1.29, 1.82) is 0 Å². The van der Waals surface area contributed by atoms with E-state index in [2.05, 4.69) is 17.1 Å². The van der Waals surface area contributed by atoms with Gasteiger partial charge in [0.15, 0.2) is 0 Å². The number of benzene rings is 2. The van der Waals surface area contributed by atoms with Crippen LogP contribution in [-0.2, 0) is 6.54 Å². The van der Waals surface area contributed by atoms with E-state index in [1.54, 1.807) is 6.07 Å². The van der Waals surface area contributed by atoms with Crippen LogP contribution >= 0.6 is 34.8 Å². The molecule has 3 rings (SSSR count). The Kier molecular flexibility index (Phi) is 6.46. The maximum absolute atomic E-state index is 12.5. The van der Waals surface area contributed by atoms with E-state index in [1.807, 2.05) is 24.3 Å². The minimum absolute atomic E-state index is 0.233. The highest BCUT2D eigenvalue weighted by atomic mass is 35.5. The zero-order valence-corrected chi connectivity index (χ0v) is 16.8. The van der Waals surface area contributed by atoms with E-state index in [4.69, 9.17) is 34.8 Å². The fraction of sp³-hybridized carbons (Fsp3) is 0.350. The van der Waals surface area contributed by atoms with Crippen molar-refractivity contribution in [1.82, 2.24) is 4.90 Å². The van der Waals surface area contributed by atoms with E-state index in [0.717, 1.165) is 25.6 Å². The first-order valence-corrected chi connectivity index (χ1v) is 9.83. The molecule has 6 heteroatoms. The minimum atomic E-state index is -0.233. The summed E-state index contributed by atoms with van der Waals surface area (Å²) in [7, 11) is 0.